The molecule has 0 aromatic heterocycles. The van der Waals surface area contributed by atoms with Crippen LogP contribution in [0.25, 0.3) is 0 Å². The van der Waals surface area contributed by atoms with E-state index in [2.05, 4.69) is 24.0 Å². The van der Waals surface area contributed by atoms with Crippen LogP contribution < -0.4 is 4.74 Å². The van der Waals surface area contributed by atoms with Crippen LogP contribution in [-0.4, -0.2) is 36.2 Å². The molecule has 3 rings (SSSR count). The molecule has 2 aliphatic rings. The maximum absolute atomic E-state index is 8.70. The van der Waals surface area contributed by atoms with E-state index in [1.807, 2.05) is 18.2 Å². The van der Waals surface area contributed by atoms with Crippen LogP contribution in [0, 0.1) is 11.3 Å². The quantitative estimate of drug-likeness (QED) is 0.838. The molecule has 0 bridgehead atoms. The van der Waals surface area contributed by atoms with E-state index >= 15 is 0 Å². The molecule has 1 aromatic rings. The number of nitriles is 1. The fraction of sp³-hybridized carbons (Fsp3) is 0.588. The Kier molecular flexibility index (Phi) is 4.14. The van der Waals surface area contributed by atoms with Gasteiger partial charge in [0.1, 0.15) is 17.5 Å². The Morgan fingerprint density at radius 1 is 1.33 bits per heavy atom. The number of likely N-dealkylation sites (tertiary alicyclic amines) is 1. The van der Waals surface area contributed by atoms with Gasteiger partial charge in [-0.1, -0.05) is 18.2 Å². The standard InChI is InChI=1S/C17H22N2O2/c1-14-17(7-11-19(12-8-17)10-4-9-18)20-13-15-5-2-3-6-16(15)21-14/h2-3,5-6,14H,4,7-8,10-13H2,1H3. The lowest BCUT2D eigenvalue weighted by Gasteiger charge is -2.43. The molecule has 21 heavy (non-hydrogen) atoms. The van der Waals surface area contributed by atoms with Crippen molar-refractivity contribution in [3.8, 4) is 11.8 Å². The second-order valence-corrected chi connectivity index (χ2v) is 5.97. The molecule has 1 atom stereocenters. The summed E-state index contributed by atoms with van der Waals surface area (Å²) in [6, 6.07) is 10.4. The van der Waals surface area contributed by atoms with E-state index in [9.17, 15) is 0 Å². The van der Waals surface area contributed by atoms with Crippen molar-refractivity contribution in [2.75, 3.05) is 19.6 Å². The first kappa shape index (κ1) is 14.4. The topological polar surface area (TPSA) is 45.5 Å². The number of hydrogen-bond acceptors (Lipinski definition) is 4. The monoisotopic (exact) mass is 286 g/mol. The van der Waals surface area contributed by atoms with E-state index in [4.69, 9.17) is 14.7 Å². The van der Waals surface area contributed by atoms with Gasteiger partial charge in [-0.15, -0.1) is 0 Å². The Morgan fingerprint density at radius 2 is 2.10 bits per heavy atom. The number of ether oxygens (including phenoxy) is 2. The summed E-state index contributed by atoms with van der Waals surface area (Å²) in [5, 5.41) is 8.70. The average molecular weight is 286 g/mol. The van der Waals surface area contributed by atoms with Crippen molar-refractivity contribution in [3.05, 3.63) is 29.8 Å². The van der Waals surface area contributed by atoms with Crippen LogP contribution in [0.3, 0.4) is 0 Å². The molecule has 0 N–H and O–H groups in total. The summed E-state index contributed by atoms with van der Waals surface area (Å²) in [5.74, 6) is 0.953. The number of fused-ring (bicyclic) bond motifs is 1. The molecule has 4 heteroatoms. The summed E-state index contributed by atoms with van der Waals surface area (Å²) in [5.41, 5.74) is 0.940. The van der Waals surface area contributed by atoms with Gasteiger partial charge in [-0.05, 0) is 25.8 Å². The van der Waals surface area contributed by atoms with Crippen LogP contribution in [0.5, 0.6) is 5.75 Å². The third-order valence-corrected chi connectivity index (χ3v) is 4.77. The number of hydrogen-bond donors (Lipinski definition) is 0. The molecule has 1 unspecified atom stereocenters. The van der Waals surface area contributed by atoms with Crippen LogP contribution in [0.4, 0.5) is 0 Å². The maximum Gasteiger partial charge on any atom is 0.125 e. The molecule has 112 valence electrons. The summed E-state index contributed by atoms with van der Waals surface area (Å²) in [7, 11) is 0. The van der Waals surface area contributed by atoms with Gasteiger partial charge in [-0.25, -0.2) is 0 Å². The van der Waals surface area contributed by atoms with E-state index in [1.165, 1.54) is 0 Å². The second kappa shape index (κ2) is 6.05. The van der Waals surface area contributed by atoms with Gasteiger partial charge in [-0.2, -0.15) is 5.26 Å². The highest BCUT2D eigenvalue weighted by Gasteiger charge is 2.43. The zero-order chi connectivity index (χ0) is 14.7. The third kappa shape index (κ3) is 2.90. The number of rotatable bonds is 2. The predicted octanol–water partition coefficient (Wildman–Crippen LogP) is 2.73. The average Bonchev–Trinajstić information content (AvgIpc) is 2.65. The first-order valence-electron chi connectivity index (χ1n) is 7.71. The van der Waals surface area contributed by atoms with Crippen molar-refractivity contribution < 1.29 is 9.47 Å². The normalized spacial score (nSPS) is 24.7. The maximum atomic E-state index is 8.70. The molecule has 4 nitrogen and oxygen atoms in total. The highest BCUT2D eigenvalue weighted by Crippen LogP contribution is 2.37. The Bertz CT molecular complexity index is 530. The highest BCUT2D eigenvalue weighted by atomic mass is 16.6. The van der Waals surface area contributed by atoms with Gasteiger partial charge in [0, 0.05) is 31.6 Å². The SMILES string of the molecule is CC1Oc2ccccc2COC12CCN(CCC#N)CC2. The number of benzene rings is 1. The molecular formula is C17H22N2O2. The fourth-order valence-corrected chi connectivity index (χ4v) is 3.29. The van der Waals surface area contributed by atoms with Crippen molar-refractivity contribution >= 4 is 0 Å². The lowest BCUT2D eigenvalue weighted by molar-refractivity contribution is -0.135. The van der Waals surface area contributed by atoms with E-state index in [1.54, 1.807) is 0 Å². The molecular weight excluding hydrogens is 264 g/mol. The molecule has 0 saturated carbocycles. The Morgan fingerprint density at radius 3 is 2.86 bits per heavy atom. The predicted molar refractivity (Wildman–Crippen MR) is 80.0 cm³/mol. The van der Waals surface area contributed by atoms with Gasteiger partial charge in [0.2, 0.25) is 0 Å². The van der Waals surface area contributed by atoms with Gasteiger partial charge >= 0.3 is 0 Å². The number of para-hydroxylation sites is 1. The van der Waals surface area contributed by atoms with Crippen molar-refractivity contribution in [3.63, 3.8) is 0 Å². The summed E-state index contributed by atoms with van der Waals surface area (Å²) < 4.78 is 12.5. The summed E-state index contributed by atoms with van der Waals surface area (Å²) in [6.45, 7) is 5.56. The van der Waals surface area contributed by atoms with Crippen LogP contribution in [0.15, 0.2) is 24.3 Å². The van der Waals surface area contributed by atoms with Gasteiger partial charge in [-0.3, -0.25) is 0 Å². The molecule has 1 aromatic carbocycles. The second-order valence-electron chi connectivity index (χ2n) is 5.97. The van der Waals surface area contributed by atoms with E-state index in [0.29, 0.717) is 13.0 Å². The lowest BCUT2D eigenvalue weighted by atomic mass is 9.86. The number of piperidine rings is 1. The largest absolute Gasteiger partial charge is 0.487 e. The molecule has 1 spiro atoms. The molecule has 2 aliphatic heterocycles. The zero-order valence-corrected chi connectivity index (χ0v) is 12.5. The minimum atomic E-state index is -0.192. The number of nitrogens with zero attached hydrogens (tertiary/aromatic N) is 2. The lowest BCUT2D eigenvalue weighted by Crippen LogP contribution is -2.53. The molecule has 2 heterocycles. The molecule has 1 fully saturated rings. The molecule has 0 radical (unpaired) electrons. The van der Waals surface area contributed by atoms with Crippen LogP contribution >= 0.6 is 0 Å². The zero-order valence-electron chi connectivity index (χ0n) is 12.5. The Balaban J connectivity index is 1.69. The Hall–Kier alpha value is -1.57. The van der Waals surface area contributed by atoms with E-state index in [0.717, 1.165) is 43.8 Å². The van der Waals surface area contributed by atoms with Crippen LogP contribution in [-0.2, 0) is 11.3 Å². The summed E-state index contributed by atoms with van der Waals surface area (Å²) in [4.78, 5) is 2.35. The van der Waals surface area contributed by atoms with E-state index in [-0.39, 0.29) is 11.7 Å². The third-order valence-electron chi connectivity index (χ3n) is 4.77. The van der Waals surface area contributed by atoms with Crippen molar-refractivity contribution in [2.24, 2.45) is 0 Å². The molecule has 0 aliphatic carbocycles. The first-order chi connectivity index (χ1) is 10.2. The van der Waals surface area contributed by atoms with Gasteiger partial charge in [0.05, 0.1) is 12.7 Å². The van der Waals surface area contributed by atoms with Gasteiger partial charge in [0.15, 0.2) is 0 Å². The highest BCUT2D eigenvalue weighted by molar-refractivity contribution is 5.34. The van der Waals surface area contributed by atoms with Crippen molar-refractivity contribution in [2.45, 2.75) is 44.5 Å². The summed E-state index contributed by atoms with van der Waals surface area (Å²) in [6.07, 6.45) is 2.59. The van der Waals surface area contributed by atoms with E-state index < -0.39 is 0 Å². The molecule has 1 saturated heterocycles. The summed E-state index contributed by atoms with van der Waals surface area (Å²) >= 11 is 0. The minimum absolute atomic E-state index is 0.0549. The fourth-order valence-electron chi connectivity index (χ4n) is 3.29. The van der Waals surface area contributed by atoms with Crippen LogP contribution in [0.2, 0.25) is 0 Å². The van der Waals surface area contributed by atoms with Crippen LogP contribution in [0.1, 0.15) is 31.7 Å². The smallest absolute Gasteiger partial charge is 0.125 e. The van der Waals surface area contributed by atoms with Gasteiger partial charge < -0.3 is 14.4 Å². The Labute approximate surface area is 126 Å². The van der Waals surface area contributed by atoms with Crippen molar-refractivity contribution in [1.29, 1.82) is 5.26 Å². The first-order valence-corrected chi connectivity index (χ1v) is 7.71. The minimum Gasteiger partial charge on any atom is -0.487 e. The molecule has 0 amide bonds. The van der Waals surface area contributed by atoms with Gasteiger partial charge in [0.25, 0.3) is 0 Å². The van der Waals surface area contributed by atoms with Crippen molar-refractivity contribution in [1.82, 2.24) is 4.90 Å².